The molecule has 2 aromatic rings. The van der Waals surface area contributed by atoms with E-state index >= 15 is 0 Å². The molecule has 0 bridgehead atoms. The molecule has 0 aromatic heterocycles. The van der Waals surface area contributed by atoms with E-state index in [2.05, 4.69) is 0 Å². The number of esters is 2. The second-order valence-electron chi connectivity index (χ2n) is 9.55. The van der Waals surface area contributed by atoms with Gasteiger partial charge in [-0.3, -0.25) is 0 Å². The Morgan fingerprint density at radius 2 is 0.738 bits per heavy atom. The molecular formula is C30H34O12. The summed E-state index contributed by atoms with van der Waals surface area (Å²) in [6.45, 7) is 0.267. The molecule has 0 saturated carbocycles. The molecule has 0 heterocycles. The lowest BCUT2D eigenvalue weighted by atomic mass is 10.0. The summed E-state index contributed by atoms with van der Waals surface area (Å²) in [5.74, 6) is -7.02. The summed E-state index contributed by atoms with van der Waals surface area (Å²) < 4.78 is 10.3. The van der Waals surface area contributed by atoms with Crippen LogP contribution >= 0.6 is 0 Å². The molecule has 42 heavy (non-hydrogen) atoms. The smallest absolute Gasteiger partial charge is 0.339 e. The van der Waals surface area contributed by atoms with E-state index in [0.717, 1.165) is 87.8 Å². The van der Waals surface area contributed by atoms with Crippen molar-refractivity contribution in [2.45, 2.75) is 64.2 Å². The Balaban J connectivity index is 1.52. The van der Waals surface area contributed by atoms with Gasteiger partial charge in [-0.2, -0.15) is 0 Å². The quantitative estimate of drug-likeness (QED) is 0.121. The fourth-order valence-corrected chi connectivity index (χ4v) is 4.17. The van der Waals surface area contributed by atoms with Gasteiger partial charge in [-0.15, -0.1) is 0 Å². The van der Waals surface area contributed by atoms with Gasteiger partial charge in [0.2, 0.25) is 0 Å². The van der Waals surface area contributed by atoms with E-state index in [1.807, 2.05) is 0 Å². The number of unbranched alkanes of at least 4 members (excludes halogenated alkanes) is 9. The molecule has 0 aliphatic heterocycles. The lowest BCUT2D eigenvalue weighted by Crippen LogP contribution is -2.14. The molecule has 0 aliphatic rings. The third-order valence-electron chi connectivity index (χ3n) is 6.44. The summed E-state index contributed by atoms with van der Waals surface area (Å²) in [7, 11) is 0. The summed E-state index contributed by atoms with van der Waals surface area (Å²) in [6.07, 6.45) is 8.93. The van der Waals surface area contributed by atoms with E-state index in [0.29, 0.717) is 12.8 Å². The maximum absolute atomic E-state index is 12.2. The highest BCUT2D eigenvalue weighted by Gasteiger charge is 2.21. The first-order chi connectivity index (χ1) is 20.0. The molecule has 226 valence electrons. The lowest BCUT2D eigenvalue weighted by molar-refractivity contribution is 0.0481. The third-order valence-corrected chi connectivity index (χ3v) is 6.44. The summed E-state index contributed by atoms with van der Waals surface area (Å²) in [4.78, 5) is 69.2. The Kier molecular flexibility index (Phi) is 13.7. The van der Waals surface area contributed by atoms with E-state index < -0.39 is 46.9 Å². The summed E-state index contributed by atoms with van der Waals surface area (Å²) in [5, 5.41) is 36.5. The summed E-state index contributed by atoms with van der Waals surface area (Å²) in [6, 6.07) is 6.46. The minimum atomic E-state index is -1.41. The molecule has 12 nitrogen and oxygen atoms in total. The van der Waals surface area contributed by atoms with E-state index in [1.165, 1.54) is 0 Å². The van der Waals surface area contributed by atoms with Crippen LogP contribution in [0.25, 0.3) is 0 Å². The second-order valence-corrected chi connectivity index (χ2v) is 9.55. The SMILES string of the molecule is O=C(O)c1ccc(C(=O)OCCCCCCCCCCCCOC(=O)c2ccc(C(=O)O)cc2C(=O)O)c(C(=O)O)c1. The fourth-order valence-electron chi connectivity index (χ4n) is 4.17. The topological polar surface area (TPSA) is 202 Å². The molecule has 0 atom stereocenters. The predicted octanol–water partition coefficient (Wildman–Crippen LogP) is 5.39. The molecular weight excluding hydrogens is 552 g/mol. The van der Waals surface area contributed by atoms with Crippen LogP contribution in [-0.4, -0.2) is 69.5 Å². The average Bonchev–Trinajstić information content (AvgIpc) is 2.96. The van der Waals surface area contributed by atoms with Gasteiger partial charge in [-0.25, -0.2) is 28.8 Å². The Morgan fingerprint density at radius 1 is 0.429 bits per heavy atom. The zero-order chi connectivity index (χ0) is 31.1. The van der Waals surface area contributed by atoms with Crippen molar-refractivity contribution in [3.63, 3.8) is 0 Å². The average molecular weight is 587 g/mol. The summed E-state index contributed by atoms with van der Waals surface area (Å²) in [5.41, 5.74) is -1.67. The first kappa shape index (κ1) is 33.5. The van der Waals surface area contributed by atoms with Gasteiger partial charge in [0.1, 0.15) is 0 Å². The van der Waals surface area contributed by atoms with Crippen LogP contribution in [-0.2, 0) is 9.47 Å². The van der Waals surface area contributed by atoms with Crippen LogP contribution in [0.1, 0.15) is 126 Å². The molecule has 4 N–H and O–H groups in total. The van der Waals surface area contributed by atoms with Crippen LogP contribution in [0.15, 0.2) is 36.4 Å². The highest BCUT2D eigenvalue weighted by molar-refractivity contribution is 6.05. The number of carboxylic acid groups (broad SMARTS) is 4. The fraction of sp³-hybridized carbons (Fsp3) is 0.400. The number of aromatic carboxylic acids is 4. The highest BCUT2D eigenvalue weighted by Crippen LogP contribution is 2.17. The van der Waals surface area contributed by atoms with Crippen LogP contribution in [0.4, 0.5) is 0 Å². The van der Waals surface area contributed by atoms with Crippen molar-refractivity contribution < 1.29 is 58.7 Å². The maximum Gasteiger partial charge on any atom is 0.339 e. The minimum Gasteiger partial charge on any atom is -0.478 e. The van der Waals surface area contributed by atoms with Gasteiger partial charge in [0.05, 0.1) is 46.6 Å². The van der Waals surface area contributed by atoms with Crippen molar-refractivity contribution in [2.24, 2.45) is 0 Å². The zero-order valence-corrected chi connectivity index (χ0v) is 23.0. The monoisotopic (exact) mass is 586 g/mol. The van der Waals surface area contributed by atoms with Crippen LogP contribution < -0.4 is 0 Å². The van der Waals surface area contributed by atoms with Crippen molar-refractivity contribution in [2.75, 3.05) is 13.2 Å². The molecule has 0 saturated heterocycles. The molecule has 0 unspecified atom stereocenters. The zero-order valence-electron chi connectivity index (χ0n) is 23.0. The molecule has 0 aliphatic carbocycles. The van der Waals surface area contributed by atoms with Crippen molar-refractivity contribution in [1.82, 2.24) is 0 Å². The second kappa shape index (κ2) is 17.2. The molecule has 2 aromatic carbocycles. The first-order valence-corrected chi connectivity index (χ1v) is 13.6. The van der Waals surface area contributed by atoms with Gasteiger partial charge in [-0.1, -0.05) is 51.4 Å². The molecule has 12 heteroatoms. The van der Waals surface area contributed by atoms with Gasteiger partial charge >= 0.3 is 35.8 Å². The largest absolute Gasteiger partial charge is 0.478 e. The molecule has 2 rings (SSSR count). The Bertz CT molecular complexity index is 1200. The van der Waals surface area contributed by atoms with E-state index in [1.54, 1.807) is 0 Å². The van der Waals surface area contributed by atoms with Crippen molar-refractivity contribution >= 4 is 35.8 Å². The third kappa shape index (κ3) is 10.7. The van der Waals surface area contributed by atoms with Crippen LogP contribution in [0.2, 0.25) is 0 Å². The number of hydrogen-bond donors (Lipinski definition) is 4. The highest BCUT2D eigenvalue weighted by atomic mass is 16.5. The van der Waals surface area contributed by atoms with Gasteiger partial charge in [0.25, 0.3) is 0 Å². The van der Waals surface area contributed by atoms with Crippen LogP contribution in [0, 0.1) is 0 Å². The lowest BCUT2D eigenvalue weighted by Gasteiger charge is -2.08. The van der Waals surface area contributed by atoms with Gasteiger partial charge in [-0.05, 0) is 49.2 Å². The van der Waals surface area contributed by atoms with Gasteiger partial charge < -0.3 is 29.9 Å². The van der Waals surface area contributed by atoms with Gasteiger partial charge in [0.15, 0.2) is 0 Å². The maximum atomic E-state index is 12.2. The van der Waals surface area contributed by atoms with Crippen LogP contribution in [0.5, 0.6) is 0 Å². The van der Waals surface area contributed by atoms with E-state index in [4.69, 9.17) is 19.7 Å². The molecule has 0 amide bonds. The number of carbonyl (C=O) groups excluding carboxylic acids is 2. The van der Waals surface area contributed by atoms with Crippen molar-refractivity contribution in [3.8, 4) is 0 Å². The number of carbonyl (C=O) groups is 6. The number of rotatable bonds is 19. The van der Waals surface area contributed by atoms with E-state index in [-0.39, 0.29) is 35.5 Å². The van der Waals surface area contributed by atoms with Crippen LogP contribution in [0.3, 0.4) is 0 Å². The standard InChI is InChI=1S/C30H34O12/c31-25(32)19-11-13-21(23(17-19)27(35)36)29(39)41-15-9-7-5-3-1-2-4-6-8-10-16-42-30(40)22-14-12-20(26(33)34)18-24(22)28(37)38/h11-14,17-18H,1-10,15-16H2,(H,31,32)(H,33,34)(H,35,36)(H,37,38). The molecule has 0 spiro atoms. The van der Waals surface area contributed by atoms with Gasteiger partial charge in [0, 0.05) is 0 Å². The van der Waals surface area contributed by atoms with Crippen molar-refractivity contribution in [1.29, 1.82) is 0 Å². The number of hydrogen-bond acceptors (Lipinski definition) is 8. The number of benzene rings is 2. The Labute approximate surface area is 241 Å². The minimum absolute atomic E-state index is 0.133. The molecule has 0 fully saturated rings. The van der Waals surface area contributed by atoms with E-state index in [9.17, 15) is 39.0 Å². The predicted molar refractivity (Wildman–Crippen MR) is 147 cm³/mol. The normalized spacial score (nSPS) is 10.6. The summed E-state index contributed by atoms with van der Waals surface area (Å²) >= 11 is 0. The Hall–Kier alpha value is -4.74. The number of ether oxygens (including phenoxy) is 2. The number of carboxylic acids is 4. The van der Waals surface area contributed by atoms with Crippen molar-refractivity contribution in [3.05, 3.63) is 69.8 Å². The first-order valence-electron chi connectivity index (χ1n) is 13.6. The molecule has 0 radical (unpaired) electrons. The Morgan fingerprint density at radius 3 is 1.02 bits per heavy atom.